The van der Waals surface area contributed by atoms with Gasteiger partial charge in [0.1, 0.15) is 11.6 Å². The van der Waals surface area contributed by atoms with Crippen molar-refractivity contribution >= 4 is 23.1 Å². The summed E-state index contributed by atoms with van der Waals surface area (Å²) in [6, 6.07) is 5.52. The lowest BCUT2D eigenvalue weighted by atomic mass is 9.93. The maximum absolute atomic E-state index is 14.4. The minimum absolute atomic E-state index is 0.0267. The Morgan fingerprint density at radius 2 is 2.12 bits per heavy atom. The zero-order valence-corrected chi connectivity index (χ0v) is 17.8. The van der Waals surface area contributed by atoms with Crippen LogP contribution < -0.4 is 15.0 Å². The number of nitrogens with one attached hydrogen (secondary N) is 1. The molecule has 0 spiro atoms. The van der Waals surface area contributed by atoms with E-state index >= 15 is 0 Å². The number of phenolic OH excluding ortho intramolecular Hbond substituents is 1. The zero-order valence-electron chi connectivity index (χ0n) is 17.1. The number of rotatable bonds is 5. The largest absolute Gasteiger partial charge is 0.504 e. The predicted molar refractivity (Wildman–Crippen MR) is 114 cm³/mol. The van der Waals surface area contributed by atoms with Gasteiger partial charge in [-0.2, -0.15) is 0 Å². The van der Waals surface area contributed by atoms with E-state index in [1.165, 1.54) is 30.6 Å². The highest BCUT2D eigenvalue weighted by Gasteiger charge is 2.56. The van der Waals surface area contributed by atoms with Gasteiger partial charge >= 0.3 is 0 Å². The molecule has 0 bridgehead atoms. The Bertz CT molecular complexity index is 1190. The summed E-state index contributed by atoms with van der Waals surface area (Å²) in [5.74, 6) is -0.673. The van der Waals surface area contributed by atoms with Crippen LogP contribution >= 0.6 is 11.6 Å². The summed E-state index contributed by atoms with van der Waals surface area (Å²) in [7, 11) is 0. The van der Waals surface area contributed by atoms with Gasteiger partial charge in [0.15, 0.2) is 17.4 Å². The molecule has 172 valence electrons. The van der Waals surface area contributed by atoms with Gasteiger partial charge in [0.25, 0.3) is 6.43 Å². The SMILES string of the molecule is Oc1c(F)cccc1-c1cc2c(nn1)NCC1(C(F)F)CC(Oc3cnc(CCl)cn3)CN21. The number of para-hydroxylation sites is 1. The van der Waals surface area contributed by atoms with E-state index in [2.05, 4.69) is 25.5 Å². The first-order valence-corrected chi connectivity index (χ1v) is 10.6. The number of halogens is 4. The second kappa shape index (κ2) is 8.22. The van der Waals surface area contributed by atoms with E-state index in [0.717, 1.165) is 6.07 Å². The van der Waals surface area contributed by atoms with Crippen molar-refractivity contribution in [3.05, 3.63) is 48.2 Å². The van der Waals surface area contributed by atoms with Gasteiger partial charge in [-0.15, -0.1) is 21.8 Å². The normalized spacial score (nSPS) is 21.5. The standard InChI is InChI=1S/C21H18ClF3N6O2/c22-6-11-7-27-17(8-26-11)33-12-5-21(20(24)25)10-28-19-16(31(21)9-12)4-15(29-30-19)13-2-1-3-14(23)18(13)32/h1-4,7-8,12,20,32H,5-6,9-10H2,(H,28,30). The predicted octanol–water partition coefficient (Wildman–Crippen LogP) is 3.60. The van der Waals surface area contributed by atoms with Crippen LogP contribution in [0.2, 0.25) is 0 Å². The van der Waals surface area contributed by atoms with Crippen molar-refractivity contribution in [2.24, 2.45) is 0 Å². The van der Waals surface area contributed by atoms with Crippen molar-refractivity contribution in [3.63, 3.8) is 0 Å². The number of hydrogen-bond donors (Lipinski definition) is 2. The van der Waals surface area contributed by atoms with Crippen LogP contribution in [0.15, 0.2) is 36.7 Å². The number of nitrogens with zero attached hydrogens (tertiary/aromatic N) is 5. The van der Waals surface area contributed by atoms with Crippen LogP contribution in [0, 0.1) is 5.82 Å². The zero-order chi connectivity index (χ0) is 23.2. The molecule has 2 aliphatic rings. The molecule has 8 nitrogen and oxygen atoms in total. The van der Waals surface area contributed by atoms with Crippen molar-refractivity contribution in [3.8, 4) is 22.9 Å². The fourth-order valence-corrected chi connectivity index (χ4v) is 4.41. The second-order valence-electron chi connectivity index (χ2n) is 7.89. The average molecular weight is 479 g/mol. The van der Waals surface area contributed by atoms with Crippen molar-refractivity contribution < 1.29 is 23.0 Å². The van der Waals surface area contributed by atoms with Crippen molar-refractivity contribution in [1.29, 1.82) is 0 Å². The lowest BCUT2D eigenvalue weighted by molar-refractivity contribution is 0.0528. The summed E-state index contributed by atoms with van der Waals surface area (Å²) in [5.41, 5.74) is -0.345. The van der Waals surface area contributed by atoms with Gasteiger partial charge in [0, 0.05) is 18.5 Å². The molecule has 1 fully saturated rings. The number of aromatic hydroxyl groups is 1. The Balaban J connectivity index is 1.49. The van der Waals surface area contributed by atoms with Gasteiger partial charge in [-0.1, -0.05) is 6.07 Å². The number of aromatic nitrogens is 4. The first-order chi connectivity index (χ1) is 15.9. The van der Waals surface area contributed by atoms with Crippen molar-refractivity contribution in [1.82, 2.24) is 20.2 Å². The van der Waals surface area contributed by atoms with Crippen LogP contribution in [0.5, 0.6) is 11.6 Å². The summed E-state index contributed by atoms with van der Waals surface area (Å²) in [6.07, 6.45) is -0.388. The van der Waals surface area contributed by atoms with Gasteiger partial charge in [-0.25, -0.2) is 18.2 Å². The second-order valence-corrected chi connectivity index (χ2v) is 8.16. The molecule has 1 aromatic carbocycles. The lowest BCUT2D eigenvalue weighted by Gasteiger charge is -2.43. The van der Waals surface area contributed by atoms with Crippen LogP contribution in [0.3, 0.4) is 0 Å². The third kappa shape index (κ3) is 3.65. The molecule has 2 unspecified atom stereocenters. The summed E-state index contributed by atoms with van der Waals surface area (Å²) >= 11 is 5.72. The third-order valence-electron chi connectivity index (χ3n) is 5.91. The van der Waals surface area contributed by atoms with E-state index < -0.39 is 29.6 Å². The number of hydrogen-bond acceptors (Lipinski definition) is 8. The first kappa shape index (κ1) is 21.5. The average Bonchev–Trinajstić information content (AvgIpc) is 3.21. The Kier molecular flexibility index (Phi) is 5.35. The molecule has 0 radical (unpaired) electrons. The summed E-state index contributed by atoms with van der Waals surface area (Å²) < 4.78 is 48.5. The highest BCUT2D eigenvalue weighted by molar-refractivity contribution is 6.16. The molecule has 2 N–H and O–H groups in total. The van der Waals surface area contributed by atoms with Gasteiger partial charge in [-0.3, -0.25) is 4.98 Å². The maximum Gasteiger partial charge on any atom is 0.263 e. The topological polar surface area (TPSA) is 96.3 Å². The number of alkyl halides is 3. The maximum atomic E-state index is 14.4. The van der Waals surface area contributed by atoms with Crippen LogP contribution in [-0.4, -0.2) is 56.4 Å². The molecule has 2 aliphatic heterocycles. The quantitative estimate of drug-likeness (QED) is 0.537. The van der Waals surface area contributed by atoms with E-state index in [1.54, 1.807) is 4.90 Å². The molecule has 4 heterocycles. The van der Waals surface area contributed by atoms with Crippen LogP contribution in [0.1, 0.15) is 12.1 Å². The highest BCUT2D eigenvalue weighted by Crippen LogP contribution is 2.46. The molecule has 12 heteroatoms. The van der Waals surface area contributed by atoms with Gasteiger partial charge in [0.05, 0.1) is 41.9 Å². The Labute approximate surface area is 191 Å². The Morgan fingerprint density at radius 1 is 1.27 bits per heavy atom. The fourth-order valence-electron chi connectivity index (χ4n) is 4.27. The molecule has 2 atom stereocenters. The van der Waals surface area contributed by atoms with Gasteiger partial charge < -0.3 is 20.1 Å². The minimum atomic E-state index is -2.70. The highest BCUT2D eigenvalue weighted by atomic mass is 35.5. The molecular weight excluding hydrogens is 461 g/mol. The number of fused-ring (bicyclic) bond motifs is 3. The number of ether oxygens (including phenoxy) is 1. The summed E-state index contributed by atoms with van der Waals surface area (Å²) in [5, 5.41) is 21.1. The molecular formula is C21H18ClF3N6O2. The fraction of sp³-hybridized carbons (Fsp3) is 0.333. The van der Waals surface area contributed by atoms with Crippen LogP contribution in [0.25, 0.3) is 11.3 Å². The Hall–Kier alpha value is -3.34. The number of anilines is 2. The summed E-state index contributed by atoms with van der Waals surface area (Å²) in [6.45, 7) is 0.0753. The van der Waals surface area contributed by atoms with E-state index in [9.17, 15) is 18.3 Å². The van der Waals surface area contributed by atoms with E-state index in [0.29, 0.717) is 17.2 Å². The molecule has 2 aromatic heterocycles. The first-order valence-electron chi connectivity index (χ1n) is 10.1. The Morgan fingerprint density at radius 3 is 2.85 bits per heavy atom. The molecule has 0 amide bonds. The molecule has 33 heavy (non-hydrogen) atoms. The van der Waals surface area contributed by atoms with Crippen molar-refractivity contribution in [2.45, 2.75) is 30.4 Å². The summed E-state index contributed by atoms with van der Waals surface area (Å²) in [4.78, 5) is 9.80. The third-order valence-corrected chi connectivity index (χ3v) is 6.18. The molecule has 1 saturated heterocycles. The number of benzene rings is 1. The number of phenols is 1. The van der Waals surface area contributed by atoms with Gasteiger partial charge in [-0.05, 0) is 18.2 Å². The smallest absolute Gasteiger partial charge is 0.263 e. The molecule has 0 saturated carbocycles. The van der Waals surface area contributed by atoms with E-state index in [-0.39, 0.29) is 42.5 Å². The monoisotopic (exact) mass is 478 g/mol. The van der Waals surface area contributed by atoms with Crippen LogP contribution in [0.4, 0.5) is 24.7 Å². The van der Waals surface area contributed by atoms with Crippen molar-refractivity contribution in [2.75, 3.05) is 23.3 Å². The van der Waals surface area contributed by atoms with Crippen LogP contribution in [-0.2, 0) is 5.88 Å². The molecule has 5 rings (SSSR count). The lowest BCUT2D eigenvalue weighted by Crippen LogP contribution is -2.57. The molecule has 0 aliphatic carbocycles. The minimum Gasteiger partial charge on any atom is -0.504 e. The molecule has 3 aromatic rings. The van der Waals surface area contributed by atoms with E-state index in [4.69, 9.17) is 16.3 Å². The van der Waals surface area contributed by atoms with E-state index in [1.807, 2.05) is 0 Å². The van der Waals surface area contributed by atoms with Gasteiger partial charge in [0.2, 0.25) is 5.88 Å².